The van der Waals surface area contributed by atoms with E-state index < -0.39 is 16.7 Å². The Balaban J connectivity index is 2.85. The lowest BCUT2D eigenvalue weighted by Gasteiger charge is -1.96. The quantitative estimate of drug-likeness (QED) is 0.593. The normalized spacial score (nSPS) is 12.3. The Kier molecular flexibility index (Phi) is 4.11. The number of carbonyl (C=O) groups is 1. The molecule has 6 heteroatoms. The maximum atomic E-state index is 11.5. The van der Waals surface area contributed by atoms with E-state index in [0.29, 0.717) is 10.6 Å². The fourth-order valence-corrected chi connectivity index (χ4v) is 1.61. The van der Waals surface area contributed by atoms with Crippen LogP contribution < -0.4 is 5.73 Å². The number of nitrogens with two attached hydrogens (primary N) is 1. The first-order valence-corrected chi connectivity index (χ1v) is 5.56. The van der Waals surface area contributed by atoms with Gasteiger partial charge in [0.15, 0.2) is 0 Å². The van der Waals surface area contributed by atoms with Crippen molar-refractivity contribution in [2.45, 2.75) is 11.8 Å². The fraction of sp³-hybridized carbons (Fsp3) is 0.222. The minimum atomic E-state index is -2.09. The van der Waals surface area contributed by atoms with Gasteiger partial charge < -0.3 is 10.5 Å². The highest BCUT2D eigenvalue weighted by molar-refractivity contribution is 7.75. The number of thiol groups is 1. The van der Waals surface area contributed by atoms with Crippen LogP contribution in [0.4, 0.5) is 10.5 Å². The second-order valence-electron chi connectivity index (χ2n) is 2.66. The van der Waals surface area contributed by atoms with Gasteiger partial charge in [-0.3, -0.25) is 0 Å². The molecule has 82 valence electrons. The van der Waals surface area contributed by atoms with E-state index in [9.17, 15) is 9.00 Å². The van der Waals surface area contributed by atoms with Gasteiger partial charge in [-0.05, 0) is 31.2 Å². The van der Waals surface area contributed by atoms with E-state index in [1.165, 1.54) is 0 Å². The second kappa shape index (κ2) is 5.35. The first-order valence-electron chi connectivity index (χ1n) is 4.34. The number of anilines is 1. The molecule has 0 aromatic heterocycles. The third-order valence-corrected chi connectivity index (χ3v) is 2.64. The summed E-state index contributed by atoms with van der Waals surface area (Å²) in [5, 5.41) is 0. The maximum Gasteiger partial charge on any atom is 0.441 e. The van der Waals surface area contributed by atoms with E-state index in [4.69, 9.17) is 5.73 Å². The van der Waals surface area contributed by atoms with Crippen molar-refractivity contribution in [3.05, 3.63) is 24.3 Å². The predicted molar refractivity (Wildman–Crippen MR) is 58.1 cm³/mol. The van der Waals surface area contributed by atoms with Crippen LogP contribution in [0.25, 0.3) is 0 Å². The average Bonchev–Trinajstić information content (AvgIpc) is 2.18. The van der Waals surface area contributed by atoms with Crippen LogP contribution in [0, 0.1) is 0 Å². The predicted octanol–water partition coefficient (Wildman–Crippen LogP) is 1.45. The van der Waals surface area contributed by atoms with Gasteiger partial charge in [-0.2, -0.15) is 0 Å². The third-order valence-electron chi connectivity index (χ3n) is 1.55. The summed E-state index contributed by atoms with van der Waals surface area (Å²) in [4.78, 5) is 11.3. The number of ether oxygens (including phenoxy) is 1. The molecule has 1 rings (SSSR count). The highest BCUT2D eigenvalue weighted by Crippen LogP contribution is 2.07. The molecule has 15 heavy (non-hydrogen) atoms. The Bertz CT molecular complexity index is 421. The van der Waals surface area contributed by atoms with Crippen LogP contribution in [0.3, 0.4) is 0 Å². The molecule has 0 heterocycles. The van der Waals surface area contributed by atoms with Crippen LogP contribution in [0.2, 0.25) is 0 Å². The number of nitrogen functional groups attached to an aromatic ring is 1. The van der Waals surface area contributed by atoms with Crippen molar-refractivity contribution in [1.29, 1.82) is 0 Å². The highest BCUT2D eigenvalue weighted by Gasteiger charge is 1.99. The summed E-state index contributed by atoms with van der Waals surface area (Å²) in [6.45, 7) is 1.87. The molecule has 0 spiro atoms. The lowest BCUT2D eigenvalue weighted by Crippen LogP contribution is -1.98. The van der Waals surface area contributed by atoms with E-state index in [1.54, 1.807) is 31.2 Å². The van der Waals surface area contributed by atoms with Gasteiger partial charge in [-0.1, -0.05) is 0 Å². The average molecular weight is 228 g/mol. The maximum absolute atomic E-state index is 11.5. The summed E-state index contributed by atoms with van der Waals surface area (Å²) in [6.07, 6.45) is -0.810. The minimum absolute atomic E-state index is 0.216. The van der Waals surface area contributed by atoms with Crippen LogP contribution in [0.1, 0.15) is 6.92 Å². The van der Waals surface area contributed by atoms with Crippen molar-refractivity contribution in [3.8, 4) is 0 Å². The number of rotatable bonds is 2. The molecule has 0 bridgehead atoms. The molecule has 1 amide bonds. The van der Waals surface area contributed by atoms with Gasteiger partial charge in [0.25, 0.3) is 0 Å². The van der Waals surface area contributed by atoms with Crippen LogP contribution in [-0.4, -0.2) is 16.9 Å². The Morgan fingerprint density at radius 1 is 1.47 bits per heavy atom. The molecule has 0 fully saturated rings. The number of amides is 1. The van der Waals surface area contributed by atoms with Crippen molar-refractivity contribution in [2.24, 2.45) is 4.36 Å². The van der Waals surface area contributed by atoms with Gasteiger partial charge in [0.05, 0.1) is 17.2 Å². The van der Waals surface area contributed by atoms with Gasteiger partial charge in [-0.25, -0.2) is 9.00 Å². The summed E-state index contributed by atoms with van der Waals surface area (Å²) in [5.41, 5.74) is 6.03. The van der Waals surface area contributed by atoms with Gasteiger partial charge in [0.2, 0.25) is 0 Å². The van der Waals surface area contributed by atoms with Crippen molar-refractivity contribution in [1.82, 2.24) is 0 Å². The molecule has 1 unspecified atom stereocenters. The van der Waals surface area contributed by atoms with Gasteiger partial charge >= 0.3 is 6.09 Å². The van der Waals surface area contributed by atoms with Crippen molar-refractivity contribution >= 4 is 22.4 Å². The molecule has 0 aliphatic rings. The number of nitrogens with zero attached hydrogens (tertiary/aromatic N) is 1. The Morgan fingerprint density at radius 3 is 2.60 bits per heavy atom. The standard InChI is InChI=1S/C9H12N2O3S/c1-2-14-9(12)11-15(13)8-5-3-7(10)4-6-8/h3-6,15H,2,10H2,1H3. The van der Waals surface area contributed by atoms with E-state index in [0.717, 1.165) is 0 Å². The third kappa shape index (κ3) is 3.59. The molecule has 0 saturated heterocycles. The molecule has 1 aromatic carbocycles. The number of hydrogen-bond donors (Lipinski definition) is 2. The molecule has 0 aliphatic heterocycles. The lowest BCUT2D eigenvalue weighted by molar-refractivity contribution is 0.164. The number of hydrogen-bond acceptors (Lipinski definition) is 4. The number of carbonyl (C=O) groups excluding carboxylic acids is 1. The smallest absolute Gasteiger partial charge is 0.441 e. The van der Waals surface area contributed by atoms with Crippen molar-refractivity contribution < 1.29 is 13.7 Å². The van der Waals surface area contributed by atoms with Crippen molar-refractivity contribution in [3.63, 3.8) is 0 Å². The zero-order valence-electron chi connectivity index (χ0n) is 8.21. The van der Waals surface area contributed by atoms with E-state index in [1.807, 2.05) is 0 Å². The molecule has 0 radical (unpaired) electrons. The zero-order valence-corrected chi connectivity index (χ0v) is 9.11. The Morgan fingerprint density at radius 2 is 2.07 bits per heavy atom. The van der Waals surface area contributed by atoms with Gasteiger partial charge in [-0.15, -0.1) is 4.36 Å². The largest absolute Gasteiger partial charge is 0.448 e. The van der Waals surface area contributed by atoms with Crippen LogP contribution >= 0.6 is 0 Å². The molecular formula is C9H12N2O3S. The van der Waals surface area contributed by atoms with Crippen LogP contribution in [0.15, 0.2) is 33.5 Å². The fourth-order valence-electron chi connectivity index (χ4n) is 0.886. The first kappa shape index (κ1) is 11.5. The molecular weight excluding hydrogens is 216 g/mol. The zero-order chi connectivity index (χ0) is 11.3. The second-order valence-corrected chi connectivity index (χ2v) is 3.93. The first-order chi connectivity index (χ1) is 7.13. The van der Waals surface area contributed by atoms with Crippen LogP contribution in [-0.2, 0) is 15.3 Å². The molecule has 0 saturated carbocycles. The minimum Gasteiger partial charge on any atom is -0.448 e. The number of benzene rings is 1. The molecule has 5 nitrogen and oxygen atoms in total. The lowest BCUT2D eigenvalue weighted by atomic mass is 10.3. The summed E-state index contributed by atoms with van der Waals surface area (Å²) in [6, 6.07) is 6.33. The Hall–Kier alpha value is -1.56. The van der Waals surface area contributed by atoms with Crippen LogP contribution in [0.5, 0.6) is 0 Å². The summed E-state index contributed by atoms with van der Waals surface area (Å²) < 4.78 is 19.4. The summed E-state index contributed by atoms with van der Waals surface area (Å²) >= 11 is 0. The molecule has 0 aliphatic carbocycles. The van der Waals surface area contributed by atoms with Gasteiger partial charge in [0.1, 0.15) is 0 Å². The van der Waals surface area contributed by atoms with E-state index in [2.05, 4.69) is 9.10 Å². The van der Waals surface area contributed by atoms with E-state index >= 15 is 0 Å². The molecule has 1 atom stereocenters. The highest BCUT2D eigenvalue weighted by atomic mass is 32.2. The monoisotopic (exact) mass is 228 g/mol. The summed E-state index contributed by atoms with van der Waals surface area (Å²) in [5.74, 6) is 0. The SMILES string of the molecule is CCOC(=O)/N=[SH](=O)/c1ccc(N)cc1. The molecule has 1 aromatic rings. The topological polar surface area (TPSA) is 81.8 Å². The Labute approximate surface area is 89.5 Å². The van der Waals surface area contributed by atoms with Crippen molar-refractivity contribution in [2.75, 3.05) is 12.3 Å². The van der Waals surface area contributed by atoms with Gasteiger partial charge in [0, 0.05) is 10.6 Å². The molecule has 2 N–H and O–H groups in total. The van der Waals surface area contributed by atoms with E-state index in [-0.39, 0.29) is 6.61 Å². The summed E-state index contributed by atoms with van der Waals surface area (Å²) in [7, 11) is -2.09.